The third-order valence-electron chi connectivity index (χ3n) is 4.66. The summed E-state index contributed by atoms with van der Waals surface area (Å²) in [5, 5.41) is 13.0. The molecule has 2 fully saturated rings. The summed E-state index contributed by atoms with van der Waals surface area (Å²) in [5.74, 6) is 2.51. The Hall–Kier alpha value is -1.49. The number of aromatic nitrogens is 4. The van der Waals surface area contributed by atoms with Crippen molar-refractivity contribution in [3.8, 4) is 0 Å². The Labute approximate surface area is 143 Å². The number of aryl methyl sites for hydroxylation is 1. The van der Waals surface area contributed by atoms with Crippen LogP contribution in [0.3, 0.4) is 0 Å². The van der Waals surface area contributed by atoms with Crippen molar-refractivity contribution in [2.24, 2.45) is 7.05 Å². The molecule has 0 unspecified atom stereocenters. The monoisotopic (exact) mass is 335 g/mol. The summed E-state index contributed by atoms with van der Waals surface area (Å²) in [5.41, 5.74) is 3.78. The zero-order valence-corrected chi connectivity index (χ0v) is 14.9. The Kier molecular flexibility index (Phi) is 4.41. The van der Waals surface area contributed by atoms with Crippen LogP contribution in [0, 0.1) is 0 Å². The number of hydrogen-bond acceptors (Lipinski definition) is 3. The topological polar surface area (TPSA) is 47.7 Å². The third kappa shape index (κ3) is 3.39. The third-order valence-corrected chi connectivity index (χ3v) is 4.66. The summed E-state index contributed by atoms with van der Waals surface area (Å²) in [7, 11) is 2.02. The van der Waals surface area contributed by atoms with Crippen molar-refractivity contribution in [3.63, 3.8) is 0 Å². The number of rotatable bonds is 6. The van der Waals surface area contributed by atoms with Crippen molar-refractivity contribution in [2.45, 2.75) is 64.0 Å². The maximum absolute atomic E-state index is 4.80. The van der Waals surface area contributed by atoms with Crippen LogP contribution in [0.4, 0.5) is 5.82 Å². The molecule has 0 radical (unpaired) electrons. The van der Waals surface area contributed by atoms with E-state index in [4.69, 9.17) is 5.10 Å². The second-order valence-electron chi connectivity index (χ2n) is 7.08. The molecular weight excluding hydrogens is 310 g/mol. The number of nitrogens with zero attached hydrogens (tertiary/aromatic N) is 4. The van der Waals surface area contributed by atoms with Crippen molar-refractivity contribution < 1.29 is 0 Å². The van der Waals surface area contributed by atoms with Crippen LogP contribution in [0.2, 0.25) is 0 Å². The van der Waals surface area contributed by atoms with E-state index in [0.29, 0.717) is 17.9 Å². The zero-order chi connectivity index (χ0) is 15.3. The molecule has 126 valence electrons. The largest absolute Gasteiger partial charge is 0.365 e. The number of hydrogen-bond donors (Lipinski definition) is 1. The molecule has 2 saturated carbocycles. The van der Waals surface area contributed by atoms with E-state index in [1.165, 1.54) is 42.8 Å². The summed E-state index contributed by atoms with van der Waals surface area (Å²) in [4.78, 5) is 0. The molecule has 4 rings (SSSR count). The van der Waals surface area contributed by atoms with Gasteiger partial charge >= 0.3 is 0 Å². The predicted molar refractivity (Wildman–Crippen MR) is 94.3 cm³/mol. The lowest BCUT2D eigenvalue weighted by atomic mass is 10.2. The lowest BCUT2D eigenvalue weighted by Gasteiger charge is -2.12. The van der Waals surface area contributed by atoms with Gasteiger partial charge in [-0.05, 0) is 45.6 Å². The van der Waals surface area contributed by atoms with Gasteiger partial charge in [-0.1, -0.05) is 0 Å². The maximum Gasteiger partial charge on any atom is 0.124 e. The Morgan fingerprint density at radius 3 is 2.26 bits per heavy atom. The zero-order valence-electron chi connectivity index (χ0n) is 14.1. The van der Waals surface area contributed by atoms with Crippen LogP contribution in [0.25, 0.3) is 0 Å². The first kappa shape index (κ1) is 16.4. The normalized spacial score (nSPS) is 17.4. The minimum Gasteiger partial charge on any atom is -0.365 e. The Morgan fingerprint density at radius 1 is 1.09 bits per heavy atom. The van der Waals surface area contributed by atoms with Gasteiger partial charge in [0, 0.05) is 31.0 Å². The Balaban J connectivity index is 0.00000156. The van der Waals surface area contributed by atoms with Crippen molar-refractivity contribution in [1.29, 1.82) is 0 Å². The average molecular weight is 336 g/mol. The molecule has 0 aromatic carbocycles. The number of nitrogens with one attached hydrogen (secondary N) is 1. The second kappa shape index (κ2) is 6.19. The highest BCUT2D eigenvalue weighted by Gasteiger charge is 2.28. The lowest BCUT2D eigenvalue weighted by molar-refractivity contribution is 0.507. The van der Waals surface area contributed by atoms with E-state index >= 15 is 0 Å². The summed E-state index contributed by atoms with van der Waals surface area (Å²) in [6.45, 7) is 5.20. The molecule has 0 saturated heterocycles. The van der Waals surface area contributed by atoms with Gasteiger partial charge in [-0.15, -0.1) is 12.4 Å². The fraction of sp³-hybridized carbons (Fsp3) is 0.647. The van der Waals surface area contributed by atoms with Crippen molar-refractivity contribution in [2.75, 3.05) is 5.32 Å². The van der Waals surface area contributed by atoms with E-state index < -0.39 is 0 Å². The molecule has 2 heterocycles. The van der Waals surface area contributed by atoms with Gasteiger partial charge in [0.1, 0.15) is 5.82 Å². The Morgan fingerprint density at radius 2 is 1.70 bits per heavy atom. The first-order valence-corrected chi connectivity index (χ1v) is 8.48. The van der Waals surface area contributed by atoms with Gasteiger partial charge in [0.25, 0.3) is 0 Å². The molecular formula is C17H26ClN5. The van der Waals surface area contributed by atoms with Crippen LogP contribution in [0.5, 0.6) is 0 Å². The average Bonchev–Trinajstić information content (AvgIpc) is 3.40. The minimum absolute atomic E-state index is 0. The molecule has 0 spiro atoms. The molecule has 2 aliphatic rings. The van der Waals surface area contributed by atoms with E-state index in [1.54, 1.807) is 0 Å². The minimum atomic E-state index is 0. The fourth-order valence-electron chi connectivity index (χ4n) is 3.03. The van der Waals surface area contributed by atoms with Crippen LogP contribution < -0.4 is 5.32 Å². The van der Waals surface area contributed by atoms with Crippen molar-refractivity contribution in [3.05, 3.63) is 29.2 Å². The molecule has 0 atom stereocenters. The highest BCUT2D eigenvalue weighted by molar-refractivity contribution is 5.85. The molecule has 0 aliphatic heterocycles. The summed E-state index contributed by atoms with van der Waals surface area (Å²) in [6, 6.07) is 4.89. The van der Waals surface area contributed by atoms with Crippen LogP contribution in [-0.2, 0) is 13.6 Å². The van der Waals surface area contributed by atoms with Crippen LogP contribution in [-0.4, -0.2) is 19.6 Å². The van der Waals surface area contributed by atoms with E-state index in [1.807, 2.05) is 11.7 Å². The first-order valence-electron chi connectivity index (χ1n) is 8.48. The SMILES string of the molecule is CC(C)n1nc(C2CC2)cc1CNc1cc(C2CC2)nn1C.Cl. The number of anilines is 1. The van der Waals surface area contributed by atoms with E-state index in [-0.39, 0.29) is 12.4 Å². The molecule has 0 amide bonds. The summed E-state index contributed by atoms with van der Waals surface area (Å²) >= 11 is 0. The van der Waals surface area contributed by atoms with Crippen LogP contribution in [0.1, 0.15) is 74.5 Å². The van der Waals surface area contributed by atoms with Gasteiger partial charge in [0.15, 0.2) is 0 Å². The van der Waals surface area contributed by atoms with Gasteiger partial charge in [-0.25, -0.2) is 0 Å². The Bertz CT molecular complexity index is 679. The van der Waals surface area contributed by atoms with Crippen molar-refractivity contribution >= 4 is 18.2 Å². The molecule has 6 heteroatoms. The van der Waals surface area contributed by atoms with Gasteiger partial charge in [-0.3, -0.25) is 9.36 Å². The van der Waals surface area contributed by atoms with Gasteiger partial charge < -0.3 is 5.32 Å². The quantitative estimate of drug-likeness (QED) is 0.868. The van der Waals surface area contributed by atoms with E-state index in [0.717, 1.165) is 12.4 Å². The van der Waals surface area contributed by atoms with E-state index in [9.17, 15) is 0 Å². The molecule has 2 aromatic heterocycles. The molecule has 1 N–H and O–H groups in total. The molecule has 0 bridgehead atoms. The lowest BCUT2D eigenvalue weighted by Crippen LogP contribution is -2.12. The second-order valence-corrected chi connectivity index (χ2v) is 7.08. The molecule has 2 aromatic rings. The fourth-order valence-corrected chi connectivity index (χ4v) is 3.03. The smallest absolute Gasteiger partial charge is 0.124 e. The van der Waals surface area contributed by atoms with Gasteiger partial charge in [0.2, 0.25) is 0 Å². The predicted octanol–water partition coefficient (Wildman–Crippen LogP) is 3.99. The maximum atomic E-state index is 4.80. The van der Waals surface area contributed by atoms with Gasteiger partial charge in [0.05, 0.1) is 23.6 Å². The van der Waals surface area contributed by atoms with Crippen LogP contribution in [0.15, 0.2) is 12.1 Å². The molecule has 23 heavy (non-hydrogen) atoms. The summed E-state index contributed by atoms with van der Waals surface area (Å²) < 4.78 is 4.13. The molecule has 5 nitrogen and oxygen atoms in total. The van der Waals surface area contributed by atoms with Crippen molar-refractivity contribution in [1.82, 2.24) is 19.6 Å². The molecule has 2 aliphatic carbocycles. The van der Waals surface area contributed by atoms with Crippen LogP contribution >= 0.6 is 12.4 Å². The van der Waals surface area contributed by atoms with E-state index in [2.05, 4.69) is 41.1 Å². The first-order chi connectivity index (χ1) is 10.6. The standard InChI is InChI=1S/C17H25N5.ClH/c1-11(2)22-14(8-15(20-22)12-4-5-12)10-18-17-9-16(13-6-7-13)19-21(17)3;/h8-9,11-13,18H,4-7,10H2,1-3H3;1H. The number of halogens is 1. The highest BCUT2D eigenvalue weighted by Crippen LogP contribution is 2.40. The van der Waals surface area contributed by atoms with Gasteiger partial charge in [-0.2, -0.15) is 10.2 Å². The summed E-state index contributed by atoms with van der Waals surface area (Å²) in [6.07, 6.45) is 5.19. The highest BCUT2D eigenvalue weighted by atomic mass is 35.5.